The number of amides is 1. The molecule has 0 atom stereocenters. The molecule has 3 aromatic rings. The largest absolute Gasteiger partial charge is 0.379 e. The van der Waals surface area contributed by atoms with Gasteiger partial charge in [0.2, 0.25) is 5.91 Å². The van der Waals surface area contributed by atoms with Crippen molar-refractivity contribution in [1.82, 2.24) is 4.98 Å². The molecule has 138 valence electrons. The van der Waals surface area contributed by atoms with Gasteiger partial charge in [-0.2, -0.15) is 0 Å². The van der Waals surface area contributed by atoms with Crippen molar-refractivity contribution < 1.29 is 13.2 Å². The number of anilines is 1. The van der Waals surface area contributed by atoms with Gasteiger partial charge in [0.05, 0.1) is 10.6 Å². The van der Waals surface area contributed by atoms with E-state index in [1.165, 1.54) is 0 Å². The molecule has 3 rings (SSSR count). The normalized spacial score (nSPS) is 11.1. The third-order valence-electron chi connectivity index (χ3n) is 4.13. The summed E-state index contributed by atoms with van der Waals surface area (Å²) in [5.41, 5.74) is 8.39. The molecule has 0 aliphatic rings. The molecule has 0 bridgehead atoms. The van der Waals surface area contributed by atoms with E-state index in [1.54, 1.807) is 54.9 Å². The fourth-order valence-corrected chi connectivity index (χ4v) is 3.75. The molecule has 0 spiro atoms. The number of carbonyl (C=O) groups is 1. The maximum atomic E-state index is 12.3. The fourth-order valence-electron chi connectivity index (χ4n) is 2.87. The predicted octanol–water partition coefficient (Wildman–Crippen LogP) is 2.86. The van der Waals surface area contributed by atoms with Crippen LogP contribution in [0, 0.1) is 0 Å². The molecule has 7 heteroatoms. The summed E-state index contributed by atoms with van der Waals surface area (Å²) in [5.74, 6) is -0.574. The maximum absolute atomic E-state index is 12.3. The number of pyridine rings is 1. The van der Waals surface area contributed by atoms with Gasteiger partial charge in [-0.3, -0.25) is 9.78 Å². The first-order valence-electron chi connectivity index (χ1n) is 8.23. The van der Waals surface area contributed by atoms with Crippen LogP contribution in [-0.4, -0.2) is 25.6 Å². The number of hydrogen-bond donors (Lipinski definition) is 2. The van der Waals surface area contributed by atoms with Gasteiger partial charge in [0.1, 0.15) is 0 Å². The molecule has 0 aliphatic carbocycles. The molecule has 1 amide bonds. The summed E-state index contributed by atoms with van der Waals surface area (Å²) in [6.45, 7) is 0.404. The molecule has 0 saturated heterocycles. The van der Waals surface area contributed by atoms with E-state index in [4.69, 9.17) is 5.73 Å². The van der Waals surface area contributed by atoms with Gasteiger partial charge in [-0.15, -0.1) is 0 Å². The zero-order valence-corrected chi connectivity index (χ0v) is 15.5. The summed E-state index contributed by atoms with van der Waals surface area (Å²) < 4.78 is 24.7. The van der Waals surface area contributed by atoms with E-state index >= 15 is 0 Å². The standard InChI is InChI=1S/C20H19N3O3S/c1-27(25,26)18-8-4-7-16(15-5-2-3-6-17(15)20(21)24)19(18)23-13-14-9-11-22-12-10-14/h2-12,23H,13H2,1H3,(H2,21,24). The maximum Gasteiger partial charge on any atom is 0.249 e. The number of primary amides is 1. The number of rotatable bonds is 6. The Kier molecular flexibility index (Phi) is 5.23. The van der Waals surface area contributed by atoms with Gasteiger partial charge >= 0.3 is 0 Å². The van der Waals surface area contributed by atoms with Crippen LogP contribution in [0.15, 0.2) is 71.9 Å². The van der Waals surface area contributed by atoms with Crippen molar-refractivity contribution in [2.24, 2.45) is 5.73 Å². The molecule has 3 N–H and O–H groups in total. The predicted molar refractivity (Wildman–Crippen MR) is 105 cm³/mol. The van der Waals surface area contributed by atoms with E-state index in [0.717, 1.165) is 11.8 Å². The third-order valence-corrected chi connectivity index (χ3v) is 5.27. The number of nitrogens with two attached hydrogens (primary N) is 1. The van der Waals surface area contributed by atoms with Crippen molar-refractivity contribution in [3.63, 3.8) is 0 Å². The third kappa shape index (κ3) is 4.15. The van der Waals surface area contributed by atoms with Crippen molar-refractivity contribution in [3.05, 3.63) is 78.1 Å². The number of hydrogen-bond acceptors (Lipinski definition) is 5. The smallest absolute Gasteiger partial charge is 0.249 e. The SMILES string of the molecule is CS(=O)(=O)c1cccc(-c2ccccc2C(N)=O)c1NCc1ccncc1. The van der Waals surface area contributed by atoms with E-state index in [-0.39, 0.29) is 4.90 Å². The molecular weight excluding hydrogens is 362 g/mol. The van der Waals surface area contributed by atoms with Crippen LogP contribution in [0.4, 0.5) is 5.69 Å². The molecule has 0 unspecified atom stereocenters. The lowest BCUT2D eigenvalue weighted by Crippen LogP contribution is -2.13. The quantitative estimate of drug-likeness (QED) is 0.683. The Hall–Kier alpha value is -3.19. The Morgan fingerprint density at radius 3 is 2.33 bits per heavy atom. The summed E-state index contributed by atoms with van der Waals surface area (Å²) in [4.78, 5) is 16.0. The monoisotopic (exact) mass is 381 g/mol. The Balaban J connectivity index is 2.16. The molecule has 1 heterocycles. The summed E-state index contributed by atoms with van der Waals surface area (Å²) in [5, 5.41) is 3.21. The van der Waals surface area contributed by atoms with Crippen molar-refractivity contribution in [1.29, 1.82) is 0 Å². The second kappa shape index (κ2) is 7.59. The van der Waals surface area contributed by atoms with Crippen LogP contribution in [-0.2, 0) is 16.4 Å². The van der Waals surface area contributed by atoms with E-state index in [2.05, 4.69) is 10.3 Å². The van der Waals surface area contributed by atoms with Crippen LogP contribution in [0.2, 0.25) is 0 Å². The van der Waals surface area contributed by atoms with Crippen molar-refractivity contribution in [2.45, 2.75) is 11.4 Å². The molecule has 0 saturated carbocycles. The number of benzene rings is 2. The second-order valence-electron chi connectivity index (χ2n) is 6.07. The zero-order chi connectivity index (χ0) is 19.4. The minimum Gasteiger partial charge on any atom is -0.379 e. The summed E-state index contributed by atoms with van der Waals surface area (Å²) in [6.07, 6.45) is 4.50. The van der Waals surface area contributed by atoms with Crippen molar-refractivity contribution >= 4 is 21.4 Å². The lowest BCUT2D eigenvalue weighted by molar-refractivity contribution is 0.100. The van der Waals surface area contributed by atoms with Crippen LogP contribution >= 0.6 is 0 Å². The lowest BCUT2D eigenvalue weighted by Gasteiger charge is -2.17. The van der Waals surface area contributed by atoms with Crippen LogP contribution in [0.1, 0.15) is 15.9 Å². The number of para-hydroxylation sites is 1. The molecule has 27 heavy (non-hydrogen) atoms. The Morgan fingerprint density at radius 1 is 1.00 bits per heavy atom. The highest BCUT2D eigenvalue weighted by molar-refractivity contribution is 7.90. The fraction of sp³-hybridized carbons (Fsp3) is 0.100. The number of aromatic nitrogens is 1. The van der Waals surface area contributed by atoms with Crippen LogP contribution in [0.3, 0.4) is 0 Å². The van der Waals surface area contributed by atoms with Crippen molar-refractivity contribution in [2.75, 3.05) is 11.6 Å². The Bertz CT molecular complexity index is 1080. The average Bonchev–Trinajstić information content (AvgIpc) is 2.66. The van der Waals surface area contributed by atoms with E-state index in [1.807, 2.05) is 12.1 Å². The van der Waals surface area contributed by atoms with Gasteiger partial charge in [0.15, 0.2) is 9.84 Å². The van der Waals surface area contributed by atoms with Gasteiger partial charge in [-0.05, 0) is 35.4 Å². The topological polar surface area (TPSA) is 102 Å². The first-order valence-corrected chi connectivity index (χ1v) is 10.1. The highest BCUT2D eigenvalue weighted by Crippen LogP contribution is 2.35. The molecular formula is C20H19N3O3S. The number of carbonyl (C=O) groups excluding carboxylic acids is 1. The van der Waals surface area contributed by atoms with Gasteiger partial charge in [-0.25, -0.2) is 8.42 Å². The molecule has 2 aromatic carbocycles. The van der Waals surface area contributed by atoms with Gasteiger partial charge in [0, 0.05) is 36.3 Å². The highest BCUT2D eigenvalue weighted by atomic mass is 32.2. The van der Waals surface area contributed by atoms with E-state index in [9.17, 15) is 13.2 Å². The van der Waals surface area contributed by atoms with Crippen LogP contribution < -0.4 is 11.1 Å². The molecule has 0 aliphatic heterocycles. The molecule has 6 nitrogen and oxygen atoms in total. The summed E-state index contributed by atoms with van der Waals surface area (Å²) in [7, 11) is -3.49. The molecule has 0 radical (unpaired) electrons. The van der Waals surface area contributed by atoms with E-state index < -0.39 is 15.7 Å². The number of nitrogens with zero attached hydrogens (tertiary/aromatic N) is 1. The van der Waals surface area contributed by atoms with Crippen LogP contribution in [0.25, 0.3) is 11.1 Å². The zero-order valence-electron chi connectivity index (χ0n) is 14.7. The number of sulfone groups is 1. The molecule has 1 aromatic heterocycles. The minimum absolute atomic E-state index is 0.160. The highest BCUT2D eigenvalue weighted by Gasteiger charge is 2.20. The lowest BCUT2D eigenvalue weighted by atomic mass is 9.97. The number of nitrogens with one attached hydrogen (secondary N) is 1. The first-order chi connectivity index (χ1) is 12.9. The first kappa shape index (κ1) is 18.6. The van der Waals surface area contributed by atoms with Gasteiger partial charge < -0.3 is 11.1 Å². The average molecular weight is 381 g/mol. The summed E-state index contributed by atoms with van der Waals surface area (Å²) in [6, 6.07) is 15.5. The minimum atomic E-state index is -3.49. The van der Waals surface area contributed by atoms with Crippen molar-refractivity contribution in [3.8, 4) is 11.1 Å². The second-order valence-corrected chi connectivity index (χ2v) is 8.05. The van der Waals surface area contributed by atoms with Gasteiger partial charge in [-0.1, -0.05) is 30.3 Å². The van der Waals surface area contributed by atoms with Crippen LogP contribution in [0.5, 0.6) is 0 Å². The van der Waals surface area contributed by atoms with Gasteiger partial charge in [0.25, 0.3) is 0 Å². The molecule has 0 fully saturated rings. The van der Waals surface area contributed by atoms with E-state index in [0.29, 0.717) is 28.9 Å². The summed E-state index contributed by atoms with van der Waals surface area (Å²) >= 11 is 0. The Labute approximate surface area is 158 Å². The Morgan fingerprint density at radius 2 is 1.67 bits per heavy atom.